The number of hydrogen-bond donors (Lipinski definition) is 0. The topological polar surface area (TPSA) is 36.9 Å². The highest BCUT2D eigenvalue weighted by atomic mass is 16.7. The second-order valence-corrected chi connectivity index (χ2v) is 5.32. The molecule has 0 radical (unpaired) electrons. The largest absolute Gasteiger partial charge is 0.352 e. The van der Waals surface area contributed by atoms with Gasteiger partial charge in [-0.25, -0.2) is 0 Å². The summed E-state index contributed by atoms with van der Waals surface area (Å²) >= 11 is 0. The van der Waals surface area contributed by atoms with E-state index in [0.717, 1.165) is 26.1 Å². The average molecular weight is 270 g/mol. The zero-order valence-electron chi connectivity index (χ0n) is 12.0. The Balaban J connectivity index is 1.68. The lowest BCUT2D eigenvalue weighted by Crippen LogP contribution is -2.44. The molecular weight excluding hydrogens is 244 g/mol. The van der Waals surface area contributed by atoms with E-state index in [1.165, 1.54) is 6.42 Å². The molecule has 0 unspecified atom stereocenters. The van der Waals surface area contributed by atoms with Crippen LogP contribution in [0.25, 0.3) is 0 Å². The third kappa shape index (κ3) is 4.56. The van der Waals surface area contributed by atoms with Gasteiger partial charge in [-0.15, -0.1) is 0 Å². The molecule has 0 aromatic rings. The second kappa shape index (κ2) is 8.00. The highest BCUT2D eigenvalue weighted by molar-refractivity contribution is 4.87. The quantitative estimate of drug-likeness (QED) is 0.720. The Bertz CT molecular complexity index is 263. The molecule has 0 spiro atoms. The minimum atomic E-state index is -0.173. The molecule has 2 aliphatic heterocycles. The van der Waals surface area contributed by atoms with Gasteiger partial charge in [-0.1, -0.05) is 25.5 Å². The zero-order chi connectivity index (χ0) is 13.5. The van der Waals surface area contributed by atoms with Crippen LogP contribution in [-0.2, 0) is 18.9 Å². The smallest absolute Gasteiger partial charge is 0.164 e. The van der Waals surface area contributed by atoms with Crippen LogP contribution in [0.2, 0.25) is 0 Å². The van der Waals surface area contributed by atoms with Gasteiger partial charge >= 0.3 is 0 Å². The van der Waals surface area contributed by atoms with Crippen molar-refractivity contribution in [3.05, 3.63) is 12.2 Å². The normalized spacial score (nSPS) is 36.7. The van der Waals surface area contributed by atoms with Gasteiger partial charge in [-0.2, -0.15) is 0 Å². The van der Waals surface area contributed by atoms with Gasteiger partial charge in [0, 0.05) is 5.92 Å². The number of unbranched alkanes of at least 4 members (excludes halogenated alkanes) is 1. The van der Waals surface area contributed by atoms with Crippen LogP contribution in [0.5, 0.6) is 0 Å². The SMILES string of the molecule is C/C=C/C1COC(C2COC(CCCC)OC2)OC1. The van der Waals surface area contributed by atoms with Gasteiger partial charge in [0.05, 0.1) is 32.3 Å². The average Bonchev–Trinajstić information content (AvgIpc) is 2.47. The van der Waals surface area contributed by atoms with Crippen LogP contribution in [0.3, 0.4) is 0 Å². The summed E-state index contributed by atoms with van der Waals surface area (Å²) in [6.45, 7) is 7.00. The number of hydrogen-bond acceptors (Lipinski definition) is 4. The van der Waals surface area contributed by atoms with Gasteiger partial charge in [0.25, 0.3) is 0 Å². The van der Waals surface area contributed by atoms with Gasteiger partial charge in [-0.05, 0) is 19.8 Å². The monoisotopic (exact) mass is 270 g/mol. The molecule has 19 heavy (non-hydrogen) atoms. The molecule has 0 N–H and O–H groups in total. The maximum absolute atomic E-state index is 5.77. The summed E-state index contributed by atoms with van der Waals surface area (Å²) in [4.78, 5) is 0. The van der Waals surface area contributed by atoms with Crippen LogP contribution in [0.1, 0.15) is 33.1 Å². The fourth-order valence-corrected chi connectivity index (χ4v) is 2.44. The van der Waals surface area contributed by atoms with Crippen molar-refractivity contribution in [1.29, 1.82) is 0 Å². The minimum absolute atomic E-state index is 0.0319. The molecule has 4 nitrogen and oxygen atoms in total. The lowest BCUT2D eigenvalue weighted by atomic mass is 10.1. The summed E-state index contributed by atoms with van der Waals surface area (Å²) in [5.74, 6) is 0.577. The van der Waals surface area contributed by atoms with Crippen molar-refractivity contribution in [1.82, 2.24) is 0 Å². The van der Waals surface area contributed by atoms with E-state index in [4.69, 9.17) is 18.9 Å². The Hall–Kier alpha value is -0.420. The van der Waals surface area contributed by atoms with E-state index in [1.807, 2.05) is 13.0 Å². The van der Waals surface area contributed by atoms with E-state index < -0.39 is 0 Å². The molecule has 2 fully saturated rings. The van der Waals surface area contributed by atoms with E-state index in [0.29, 0.717) is 19.1 Å². The molecule has 0 atom stereocenters. The van der Waals surface area contributed by atoms with Crippen molar-refractivity contribution < 1.29 is 18.9 Å². The molecule has 0 aromatic carbocycles. The van der Waals surface area contributed by atoms with Gasteiger partial charge in [0.15, 0.2) is 12.6 Å². The minimum Gasteiger partial charge on any atom is -0.352 e. The summed E-state index contributed by atoms with van der Waals surface area (Å²) in [7, 11) is 0. The second-order valence-electron chi connectivity index (χ2n) is 5.32. The summed E-state index contributed by atoms with van der Waals surface area (Å²) in [5.41, 5.74) is 0. The number of rotatable bonds is 5. The maximum Gasteiger partial charge on any atom is 0.164 e. The van der Waals surface area contributed by atoms with Crippen LogP contribution >= 0.6 is 0 Å². The molecule has 0 amide bonds. The van der Waals surface area contributed by atoms with E-state index in [2.05, 4.69) is 13.0 Å². The Morgan fingerprint density at radius 1 is 1.00 bits per heavy atom. The van der Waals surface area contributed by atoms with Crippen LogP contribution in [0.15, 0.2) is 12.2 Å². The Morgan fingerprint density at radius 3 is 2.26 bits per heavy atom. The first-order chi connectivity index (χ1) is 9.33. The third-order valence-corrected chi connectivity index (χ3v) is 3.58. The number of ether oxygens (including phenoxy) is 4. The molecule has 2 rings (SSSR count). The van der Waals surface area contributed by atoms with Crippen molar-refractivity contribution in [3.8, 4) is 0 Å². The highest BCUT2D eigenvalue weighted by Gasteiger charge is 2.32. The van der Waals surface area contributed by atoms with Crippen LogP contribution in [0.4, 0.5) is 0 Å². The van der Waals surface area contributed by atoms with Gasteiger partial charge in [-0.3, -0.25) is 0 Å². The van der Waals surface area contributed by atoms with Gasteiger partial charge in [0.2, 0.25) is 0 Å². The molecular formula is C15H26O4. The first-order valence-corrected chi connectivity index (χ1v) is 7.42. The van der Waals surface area contributed by atoms with E-state index >= 15 is 0 Å². The standard InChI is InChI=1S/C15H26O4/c1-3-5-7-14-16-10-13(11-17-14)15-18-8-12(6-4-2)9-19-15/h4,6,12-15H,3,5,7-11H2,1-2H3/b6-4+. The van der Waals surface area contributed by atoms with Crippen molar-refractivity contribution in [2.24, 2.45) is 11.8 Å². The highest BCUT2D eigenvalue weighted by Crippen LogP contribution is 2.24. The first kappa shape index (κ1) is 15.0. The fourth-order valence-electron chi connectivity index (χ4n) is 2.44. The van der Waals surface area contributed by atoms with Crippen molar-refractivity contribution >= 4 is 0 Å². The molecule has 2 heterocycles. The summed E-state index contributed by atoms with van der Waals surface area (Å²) in [6, 6.07) is 0. The molecule has 0 aliphatic carbocycles. The molecule has 110 valence electrons. The Kier molecular flexibility index (Phi) is 6.31. The van der Waals surface area contributed by atoms with Crippen LogP contribution < -0.4 is 0 Å². The molecule has 4 heteroatoms. The predicted octanol–water partition coefficient (Wildman–Crippen LogP) is 2.73. The van der Waals surface area contributed by atoms with Crippen LogP contribution in [0, 0.1) is 11.8 Å². The molecule has 0 bridgehead atoms. The Morgan fingerprint density at radius 2 is 1.68 bits per heavy atom. The van der Waals surface area contributed by atoms with E-state index in [1.54, 1.807) is 0 Å². The lowest BCUT2D eigenvalue weighted by Gasteiger charge is -2.37. The first-order valence-electron chi connectivity index (χ1n) is 7.42. The Labute approximate surface area is 116 Å². The van der Waals surface area contributed by atoms with Gasteiger partial charge in [0.1, 0.15) is 0 Å². The van der Waals surface area contributed by atoms with Gasteiger partial charge < -0.3 is 18.9 Å². The summed E-state index contributed by atoms with van der Waals surface area (Å²) in [5, 5.41) is 0. The van der Waals surface area contributed by atoms with E-state index in [9.17, 15) is 0 Å². The molecule has 2 aliphatic rings. The lowest BCUT2D eigenvalue weighted by molar-refractivity contribution is -0.278. The predicted molar refractivity (Wildman–Crippen MR) is 72.7 cm³/mol. The molecule has 0 aromatic heterocycles. The van der Waals surface area contributed by atoms with E-state index in [-0.39, 0.29) is 18.5 Å². The summed E-state index contributed by atoms with van der Waals surface area (Å²) < 4.78 is 23.0. The summed E-state index contributed by atoms with van der Waals surface area (Å²) in [6.07, 6.45) is 7.28. The van der Waals surface area contributed by atoms with Crippen molar-refractivity contribution in [2.75, 3.05) is 26.4 Å². The van der Waals surface area contributed by atoms with Crippen molar-refractivity contribution in [3.63, 3.8) is 0 Å². The molecule has 0 saturated carbocycles. The van der Waals surface area contributed by atoms with Crippen molar-refractivity contribution in [2.45, 2.75) is 45.7 Å². The molecule has 2 saturated heterocycles. The third-order valence-electron chi connectivity index (χ3n) is 3.58. The zero-order valence-corrected chi connectivity index (χ0v) is 12.0. The maximum atomic E-state index is 5.77. The fraction of sp³-hybridized carbons (Fsp3) is 0.867. The number of allylic oxidation sites excluding steroid dienone is 1. The van der Waals surface area contributed by atoms with Crippen LogP contribution in [-0.4, -0.2) is 39.0 Å².